The molecule has 0 spiro atoms. The molecule has 1 aromatic rings. The molecule has 1 aromatic heterocycles. The Morgan fingerprint density at radius 3 is 2.75 bits per heavy atom. The summed E-state index contributed by atoms with van der Waals surface area (Å²) < 4.78 is 1.48. The van der Waals surface area contributed by atoms with Crippen LogP contribution in [0.2, 0.25) is 0 Å². The van der Waals surface area contributed by atoms with Crippen LogP contribution in [0, 0.1) is 5.92 Å². The number of anilines is 1. The van der Waals surface area contributed by atoms with Crippen molar-refractivity contribution in [2.45, 2.75) is 52.2 Å². The van der Waals surface area contributed by atoms with Crippen molar-refractivity contribution in [3.05, 3.63) is 22.6 Å². The van der Waals surface area contributed by atoms with Gasteiger partial charge in [0, 0.05) is 25.7 Å². The second-order valence-electron chi connectivity index (χ2n) is 5.94. The van der Waals surface area contributed by atoms with E-state index in [0.29, 0.717) is 13.0 Å². The van der Waals surface area contributed by atoms with Gasteiger partial charge in [0.05, 0.1) is 18.0 Å². The zero-order valence-electron chi connectivity index (χ0n) is 12.5. The van der Waals surface area contributed by atoms with Gasteiger partial charge in [-0.2, -0.15) is 5.10 Å². The summed E-state index contributed by atoms with van der Waals surface area (Å²) in [5.41, 5.74) is 0.889. The highest BCUT2D eigenvalue weighted by Gasteiger charge is 2.16. The lowest BCUT2D eigenvalue weighted by Gasteiger charge is -2.31. The highest BCUT2D eigenvalue weighted by molar-refractivity contribution is 5.43. The van der Waals surface area contributed by atoms with E-state index in [0.717, 1.165) is 31.1 Å². The first-order valence-corrected chi connectivity index (χ1v) is 7.56. The second kappa shape index (κ2) is 6.88. The Bertz CT molecular complexity index is 476. The Labute approximate surface area is 120 Å². The van der Waals surface area contributed by atoms with Gasteiger partial charge in [0.25, 0.3) is 5.56 Å². The van der Waals surface area contributed by atoms with Gasteiger partial charge in [0.15, 0.2) is 0 Å². The third kappa shape index (κ3) is 4.07. The molecule has 2 rings (SSSR count). The quantitative estimate of drug-likeness (QED) is 0.890. The first-order chi connectivity index (χ1) is 9.56. The van der Waals surface area contributed by atoms with E-state index in [1.807, 2.05) is 0 Å². The number of hydrogen-bond acceptors (Lipinski definition) is 4. The summed E-state index contributed by atoms with van der Waals surface area (Å²) >= 11 is 0. The molecule has 1 fully saturated rings. The molecular weight excluding hydrogens is 254 g/mol. The van der Waals surface area contributed by atoms with Gasteiger partial charge in [0.2, 0.25) is 0 Å². The first kappa shape index (κ1) is 15.0. The van der Waals surface area contributed by atoms with Crippen molar-refractivity contribution < 1.29 is 5.11 Å². The van der Waals surface area contributed by atoms with Crippen molar-refractivity contribution in [1.29, 1.82) is 0 Å². The summed E-state index contributed by atoms with van der Waals surface area (Å²) in [4.78, 5) is 14.3. The van der Waals surface area contributed by atoms with Gasteiger partial charge in [0.1, 0.15) is 0 Å². The fraction of sp³-hybridized carbons (Fsp3) is 0.733. The molecule has 5 heteroatoms. The van der Waals surface area contributed by atoms with Crippen molar-refractivity contribution in [2.75, 3.05) is 18.0 Å². The second-order valence-corrected chi connectivity index (χ2v) is 5.94. The van der Waals surface area contributed by atoms with Gasteiger partial charge in [-0.3, -0.25) is 4.79 Å². The number of aliphatic hydroxyl groups excluding tert-OH is 1. The Kier molecular flexibility index (Phi) is 5.17. The predicted molar refractivity (Wildman–Crippen MR) is 80.0 cm³/mol. The monoisotopic (exact) mass is 279 g/mol. The molecule has 2 heterocycles. The number of aryl methyl sites for hydroxylation is 1. The molecule has 0 saturated carbocycles. The molecule has 0 aromatic carbocycles. The molecular formula is C15H25N3O2. The average molecular weight is 279 g/mol. The van der Waals surface area contributed by atoms with E-state index in [1.54, 1.807) is 19.2 Å². The third-order valence-corrected chi connectivity index (χ3v) is 4.00. The van der Waals surface area contributed by atoms with E-state index < -0.39 is 0 Å². The van der Waals surface area contributed by atoms with Crippen molar-refractivity contribution in [3.8, 4) is 0 Å². The largest absolute Gasteiger partial charge is 0.393 e. The fourth-order valence-electron chi connectivity index (χ4n) is 2.57. The molecule has 20 heavy (non-hydrogen) atoms. The number of aliphatic hydroxyl groups is 1. The van der Waals surface area contributed by atoms with Crippen LogP contribution in [0.4, 0.5) is 5.69 Å². The molecule has 1 N–H and O–H groups in total. The van der Waals surface area contributed by atoms with Crippen LogP contribution in [-0.4, -0.2) is 34.1 Å². The summed E-state index contributed by atoms with van der Waals surface area (Å²) in [6.07, 6.45) is 5.29. The van der Waals surface area contributed by atoms with Crippen LogP contribution in [0.1, 0.15) is 39.5 Å². The van der Waals surface area contributed by atoms with E-state index >= 15 is 0 Å². The lowest BCUT2D eigenvalue weighted by Crippen LogP contribution is -2.34. The van der Waals surface area contributed by atoms with Crippen molar-refractivity contribution in [3.63, 3.8) is 0 Å². The van der Waals surface area contributed by atoms with Crippen LogP contribution in [0.5, 0.6) is 0 Å². The van der Waals surface area contributed by atoms with Gasteiger partial charge < -0.3 is 10.0 Å². The molecule has 5 nitrogen and oxygen atoms in total. The highest BCUT2D eigenvalue weighted by atomic mass is 16.3. The standard InChI is InChI=1S/C15H25N3O2/c1-12-5-8-17(9-6-12)14-10-15(20)18(16-11-14)7-3-4-13(2)19/h10-13,19H,3-9H2,1-2H3. The van der Waals surface area contributed by atoms with Crippen LogP contribution >= 0.6 is 0 Å². The maximum atomic E-state index is 12.0. The van der Waals surface area contributed by atoms with Crippen molar-refractivity contribution in [2.24, 2.45) is 5.92 Å². The maximum absolute atomic E-state index is 12.0. The Morgan fingerprint density at radius 1 is 1.45 bits per heavy atom. The minimum Gasteiger partial charge on any atom is -0.393 e. The minimum absolute atomic E-state index is 0.0493. The lowest BCUT2D eigenvalue weighted by atomic mass is 9.99. The van der Waals surface area contributed by atoms with E-state index in [1.165, 1.54) is 17.5 Å². The van der Waals surface area contributed by atoms with Crippen molar-refractivity contribution >= 4 is 5.69 Å². The van der Waals surface area contributed by atoms with Gasteiger partial charge in [-0.05, 0) is 38.5 Å². The molecule has 1 atom stereocenters. The summed E-state index contributed by atoms with van der Waals surface area (Å²) in [6, 6.07) is 1.69. The Morgan fingerprint density at radius 2 is 2.15 bits per heavy atom. The Hall–Kier alpha value is -1.36. The van der Waals surface area contributed by atoms with Crippen LogP contribution in [0.15, 0.2) is 17.1 Å². The van der Waals surface area contributed by atoms with Gasteiger partial charge in [-0.15, -0.1) is 0 Å². The lowest BCUT2D eigenvalue weighted by molar-refractivity contribution is 0.178. The Balaban J connectivity index is 1.97. The predicted octanol–water partition coefficient (Wildman–Crippen LogP) is 1.64. The topological polar surface area (TPSA) is 58.4 Å². The zero-order valence-corrected chi connectivity index (χ0v) is 12.5. The molecule has 0 bridgehead atoms. The van der Waals surface area contributed by atoms with E-state index in [4.69, 9.17) is 0 Å². The molecule has 1 aliphatic heterocycles. The summed E-state index contributed by atoms with van der Waals surface area (Å²) in [5, 5.41) is 13.5. The average Bonchev–Trinajstić information content (AvgIpc) is 2.41. The first-order valence-electron chi connectivity index (χ1n) is 7.56. The number of nitrogens with zero attached hydrogens (tertiary/aromatic N) is 3. The zero-order chi connectivity index (χ0) is 14.5. The molecule has 112 valence electrons. The number of aromatic nitrogens is 2. The van der Waals surface area contributed by atoms with Crippen LogP contribution in [0.3, 0.4) is 0 Å². The minimum atomic E-state index is -0.319. The SMILES string of the molecule is CC(O)CCCn1ncc(N2CCC(C)CC2)cc1=O. The maximum Gasteiger partial charge on any atom is 0.268 e. The summed E-state index contributed by atoms with van der Waals surface area (Å²) in [6.45, 7) is 6.62. The highest BCUT2D eigenvalue weighted by Crippen LogP contribution is 2.20. The van der Waals surface area contributed by atoms with Crippen LogP contribution in [0.25, 0.3) is 0 Å². The van der Waals surface area contributed by atoms with E-state index in [2.05, 4.69) is 16.9 Å². The normalized spacial score (nSPS) is 18.2. The van der Waals surface area contributed by atoms with Crippen LogP contribution < -0.4 is 10.5 Å². The number of hydrogen-bond donors (Lipinski definition) is 1. The smallest absolute Gasteiger partial charge is 0.268 e. The molecule has 0 radical (unpaired) electrons. The molecule has 0 amide bonds. The molecule has 1 unspecified atom stereocenters. The molecule has 0 aliphatic carbocycles. The summed E-state index contributed by atoms with van der Waals surface area (Å²) in [5.74, 6) is 0.778. The molecule has 1 saturated heterocycles. The third-order valence-electron chi connectivity index (χ3n) is 4.00. The van der Waals surface area contributed by atoms with Crippen molar-refractivity contribution in [1.82, 2.24) is 9.78 Å². The number of rotatable bonds is 5. The van der Waals surface area contributed by atoms with Gasteiger partial charge >= 0.3 is 0 Å². The van der Waals surface area contributed by atoms with Gasteiger partial charge in [-0.25, -0.2) is 4.68 Å². The van der Waals surface area contributed by atoms with E-state index in [-0.39, 0.29) is 11.7 Å². The van der Waals surface area contributed by atoms with Gasteiger partial charge in [-0.1, -0.05) is 6.92 Å². The summed E-state index contributed by atoms with van der Waals surface area (Å²) in [7, 11) is 0. The van der Waals surface area contributed by atoms with Crippen LogP contribution in [-0.2, 0) is 6.54 Å². The fourth-order valence-corrected chi connectivity index (χ4v) is 2.57. The van der Waals surface area contributed by atoms with E-state index in [9.17, 15) is 9.90 Å². The number of piperidine rings is 1. The molecule has 1 aliphatic rings.